The fourth-order valence-electron chi connectivity index (χ4n) is 1.81. The van der Waals surface area contributed by atoms with Gasteiger partial charge in [0, 0.05) is 0 Å². The van der Waals surface area contributed by atoms with Gasteiger partial charge in [-0.2, -0.15) is 0 Å². The number of nitrogens with one attached hydrogen (secondary N) is 1. The number of hydrogen-bond donors (Lipinski definition) is 2. The molecule has 2 amide bonds. The van der Waals surface area contributed by atoms with Crippen molar-refractivity contribution >= 4 is 11.8 Å². The molecule has 0 saturated carbocycles. The summed E-state index contributed by atoms with van der Waals surface area (Å²) in [5.41, 5.74) is 5.97. The first kappa shape index (κ1) is 11.4. The van der Waals surface area contributed by atoms with Crippen molar-refractivity contribution in [3.05, 3.63) is 29.8 Å². The number of carbonyl (C=O) groups is 2. The Balaban J connectivity index is 1.97. The van der Waals surface area contributed by atoms with E-state index in [9.17, 15) is 9.59 Å². The third-order valence-electron chi connectivity index (χ3n) is 2.69. The van der Waals surface area contributed by atoms with Gasteiger partial charge in [-0.1, -0.05) is 18.2 Å². The second-order valence-corrected chi connectivity index (χ2v) is 4.00. The van der Waals surface area contributed by atoms with Gasteiger partial charge in [0.25, 0.3) is 0 Å². The second kappa shape index (κ2) is 4.86. The molecule has 0 spiro atoms. The van der Waals surface area contributed by atoms with Crippen LogP contribution in [0.3, 0.4) is 0 Å². The molecule has 1 heterocycles. The summed E-state index contributed by atoms with van der Waals surface area (Å²) in [6.07, 6.45) is 0.626. The van der Waals surface area contributed by atoms with Gasteiger partial charge in [0.1, 0.15) is 12.4 Å². The third-order valence-corrected chi connectivity index (χ3v) is 2.69. The van der Waals surface area contributed by atoms with Crippen LogP contribution in [0.4, 0.5) is 0 Å². The van der Waals surface area contributed by atoms with Crippen LogP contribution in [0.25, 0.3) is 0 Å². The summed E-state index contributed by atoms with van der Waals surface area (Å²) in [5, 5.41) is 2.49. The second-order valence-electron chi connectivity index (χ2n) is 4.00. The molecule has 1 aliphatic heterocycles. The molecule has 90 valence electrons. The maximum absolute atomic E-state index is 11.7. The van der Waals surface area contributed by atoms with Crippen LogP contribution in [0.5, 0.6) is 5.75 Å². The minimum absolute atomic E-state index is 0.128. The van der Waals surface area contributed by atoms with Crippen molar-refractivity contribution in [2.24, 2.45) is 11.7 Å². The van der Waals surface area contributed by atoms with Gasteiger partial charge in [0.2, 0.25) is 11.8 Å². The number of hydrogen-bond acceptors (Lipinski definition) is 3. The average molecular weight is 234 g/mol. The van der Waals surface area contributed by atoms with Crippen LogP contribution in [0.2, 0.25) is 0 Å². The molecule has 0 aliphatic carbocycles. The summed E-state index contributed by atoms with van der Waals surface area (Å²) >= 11 is 0. The Morgan fingerprint density at radius 2 is 2.18 bits per heavy atom. The Labute approximate surface area is 98.9 Å². The van der Waals surface area contributed by atoms with E-state index in [0.29, 0.717) is 13.0 Å². The molecule has 0 saturated heterocycles. The highest BCUT2D eigenvalue weighted by atomic mass is 16.5. The summed E-state index contributed by atoms with van der Waals surface area (Å²) < 4.78 is 5.49. The summed E-state index contributed by atoms with van der Waals surface area (Å²) in [4.78, 5) is 22.3. The average Bonchev–Trinajstić information content (AvgIpc) is 2.35. The van der Waals surface area contributed by atoms with E-state index in [2.05, 4.69) is 5.32 Å². The van der Waals surface area contributed by atoms with Crippen molar-refractivity contribution in [1.29, 1.82) is 0 Å². The van der Waals surface area contributed by atoms with E-state index < -0.39 is 5.91 Å². The smallest absolute Gasteiger partial charge is 0.236 e. The lowest BCUT2D eigenvalue weighted by molar-refractivity contribution is -0.128. The molecule has 1 aromatic carbocycles. The van der Waals surface area contributed by atoms with E-state index in [1.807, 2.05) is 24.3 Å². The number of para-hydroxylation sites is 1. The summed E-state index contributed by atoms with van der Waals surface area (Å²) in [6.45, 7) is 0.207. The Kier molecular flexibility index (Phi) is 3.27. The van der Waals surface area contributed by atoms with Gasteiger partial charge >= 0.3 is 0 Å². The first-order valence-corrected chi connectivity index (χ1v) is 5.43. The number of fused-ring (bicyclic) bond motifs is 1. The van der Waals surface area contributed by atoms with Gasteiger partial charge < -0.3 is 15.8 Å². The number of primary amides is 1. The molecule has 1 atom stereocenters. The van der Waals surface area contributed by atoms with Crippen LogP contribution in [0, 0.1) is 5.92 Å². The predicted octanol–water partition coefficient (Wildman–Crippen LogP) is -0.161. The fourth-order valence-corrected chi connectivity index (χ4v) is 1.81. The zero-order chi connectivity index (χ0) is 12.3. The number of ether oxygens (including phenoxy) is 1. The first-order chi connectivity index (χ1) is 8.16. The lowest BCUT2D eigenvalue weighted by Crippen LogP contribution is -2.41. The minimum atomic E-state index is -0.546. The van der Waals surface area contributed by atoms with Gasteiger partial charge in [-0.15, -0.1) is 0 Å². The first-order valence-electron chi connectivity index (χ1n) is 5.43. The van der Waals surface area contributed by atoms with Gasteiger partial charge in [-0.3, -0.25) is 9.59 Å². The standard InChI is InChI=1S/C12H14N2O3/c13-11(15)6-14-12(16)9-5-8-3-1-2-4-10(8)17-7-9/h1-4,9H,5-7H2,(H2,13,15)(H,14,16). The molecular formula is C12H14N2O3. The quantitative estimate of drug-likeness (QED) is 0.762. The van der Waals surface area contributed by atoms with E-state index >= 15 is 0 Å². The molecule has 3 N–H and O–H groups in total. The minimum Gasteiger partial charge on any atom is -0.492 e. The maximum atomic E-state index is 11.7. The number of nitrogens with two attached hydrogens (primary N) is 1. The molecule has 5 nitrogen and oxygen atoms in total. The highest BCUT2D eigenvalue weighted by molar-refractivity contribution is 5.85. The zero-order valence-electron chi connectivity index (χ0n) is 9.31. The summed E-state index contributed by atoms with van der Waals surface area (Å²) in [6, 6.07) is 7.62. The Morgan fingerprint density at radius 1 is 1.41 bits per heavy atom. The topological polar surface area (TPSA) is 81.4 Å². The van der Waals surface area contributed by atoms with Crippen molar-refractivity contribution in [1.82, 2.24) is 5.32 Å². The number of amides is 2. The molecule has 0 bridgehead atoms. The Hall–Kier alpha value is -2.04. The zero-order valence-corrected chi connectivity index (χ0v) is 9.31. The molecule has 1 aromatic rings. The molecule has 2 rings (SSSR count). The van der Waals surface area contributed by atoms with Gasteiger partial charge in [-0.25, -0.2) is 0 Å². The molecule has 1 unspecified atom stereocenters. The van der Waals surface area contributed by atoms with E-state index in [4.69, 9.17) is 10.5 Å². The molecule has 0 fully saturated rings. The largest absolute Gasteiger partial charge is 0.492 e. The predicted molar refractivity (Wildman–Crippen MR) is 61.3 cm³/mol. The monoisotopic (exact) mass is 234 g/mol. The van der Waals surface area contributed by atoms with Crippen molar-refractivity contribution in [3.8, 4) is 5.75 Å². The van der Waals surface area contributed by atoms with Crippen LogP contribution in [0.1, 0.15) is 5.56 Å². The van der Waals surface area contributed by atoms with E-state index in [-0.39, 0.29) is 18.4 Å². The highest BCUT2D eigenvalue weighted by Crippen LogP contribution is 2.26. The SMILES string of the molecule is NC(=O)CNC(=O)C1COc2ccccc2C1. The van der Waals surface area contributed by atoms with E-state index in [0.717, 1.165) is 11.3 Å². The van der Waals surface area contributed by atoms with Crippen molar-refractivity contribution < 1.29 is 14.3 Å². The highest BCUT2D eigenvalue weighted by Gasteiger charge is 2.25. The van der Waals surface area contributed by atoms with Crippen LogP contribution in [-0.4, -0.2) is 25.0 Å². The number of carbonyl (C=O) groups excluding carboxylic acids is 2. The summed E-state index contributed by atoms with van der Waals surface area (Å²) in [5.74, 6) is -0.176. The van der Waals surface area contributed by atoms with Crippen LogP contribution < -0.4 is 15.8 Å². The molecule has 5 heteroatoms. The number of benzene rings is 1. The molecule has 1 aliphatic rings. The third kappa shape index (κ3) is 2.75. The Morgan fingerprint density at radius 3 is 2.94 bits per heavy atom. The normalized spacial score (nSPS) is 17.8. The number of rotatable bonds is 3. The molecule has 0 aromatic heterocycles. The van der Waals surface area contributed by atoms with Crippen LogP contribution in [-0.2, 0) is 16.0 Å². The van der Waals surface area contributed by atoms with Crippen LogP contribution >= 0.6 is 0 Å². The lowest BCUT2D eigenvalue weighted by atomic mass is 9.96. The van der Waals surface area contributed by atoms with Crippen molar-refractivity contribution in [2.45, 2.75) is 6.42 Å². The molecule has 0 radical (unpaired) electrons. The van der Waals surface area contributed by atoms with Gasteiger partial charge in [0.15, 0.2) is 0 Å². The van der Waals surface area contributed by atoms with Gasteiger partial charge in [-0.05, 0) is 18.1 Å². The van der Waals surface area contributed by atoms with Gasteiger partial charge in [0.05, 0.1) is 12.5 Å². The van der Waals surface area contributed by atoms with E-state index in [1.54, 1.807) is 0 Å². The fraction of sp³-hybridized carbons (Fsp3) is 0.333. The van der Waals surface area contributed by atoms with Crippen molar-refractivity contribution in [3.63, 3.8) is 0 Å². The van der Waals surface area contributed by atoms with Crippen molar-refractivity contribution in [2.75, 3.05) is 13.2 Å². The Bertz CT molecular complexity index is 445. The van der Waals surface area contributed by atoms with Crippen LogP contribution in [0.15, 0.2) is 24.3 Å². The summed E-state index contributed by atoms with van der Waals surface area (Å²) in [7, 11) is 0. The lowest BCUT2D eigenvalue weighted by Gasteiger charge is -2.24. The molecular weight excluding hydrogens is 220 g/mol. The maximum Gasteiger partial charge on any atom is 0.236 e. The van der Waals surface area contributed by atoms with E-state index in [1.165, 1.54) is 0 Å². The molecule has 17 heavy (non-hydrogen) atoms.